The van der Waals surface area contributed by atoms with Crippen LogP contribution < -0.4 is 11.2 Å². The summed E-state index contributed by atoms with van der Waals surface area (Å²) in [5, 5.41) is 0.00874. The zero-order chi connectivity index (χ0) is 22.3. The molecule has 4 atom stereocenters. The third kappa shape index (κ3) is 4.81. The van der Waals surface area contributed by atoms with E-state index < -0.39 is 48.3 Å². The van der Waals surface area contributed by atoms with E-state index >= 15 is 0 Å². The molecule has 30 heavy (non-hydrogen) atoms. The third-order valence-corrected chi connectivity index (χ3v) is 7.63. The number of rotatable bonds is 5. The van der Waals surface area contributed by atoms with Gasteiger partial charge in [-0.25, -0.2) is 9.36 Å². The first-order valence-electron chi connectivity index (χ1n) is 9.55. The lowest BCUT2D eigenvalue weighted by Crippen LogP contribution is -2.42. The summed E-state index contributed by atoms with van der Waals surface area (Å²) in [5.41, 5.74) is -2.36. The largest absolute Gasteiger partial charge is 0.475 e. The van der Waals surface area contributed by atoms with Crippen LogP contribution in [-0.2, 0) is 27.7 Å². The Morgan fingerprint density at radius 1 is 1.40 bits per heavy atom. The molecule has 0 radical (unpaired) electrons. The van der Waals surface area contributed by atoms with Gasteiger partial charge in [-0.3, -0.25) is 32.7 Å². The van der Waals surface area contributed by atoms with Crippen LogP contribution in [0.5, 0.6) is 0 Å². The van der Waals surface area contributed by atoms with E-state index in [2.05, 4.69) is 4.98 Å². The van der Waals surface area contributed by atoms with E-state index in [0.29, 0.717) is 5.75 Å². The molecule has 3 heterocycles. The number of carbonyl (C=O) groups is 1. The zero-order valence-corrected chi connectivity index (χ0v) is 19.3. The van der Waals surface area contributed by atoms with Crippen molar-refractivity contribution in [2.24, 2.45) is 10.8 Å². The number of aromatic amines is 1. The third-order valence-electron chi connectivity index (χ3n) is 4.93. The van der Waals surface area contributed by atoms with Crippen LogP contribution in [-0.4, -0.2) is 45.8 Å². The minimum absolute atomic E-state index is 0.00874. The van der Waals surface area contributed by atoms with Crippen molar-refractivity contribution in [3.8, 4) is 0 Å². The predicted octanol–water partition coefficient (Wildman–Crippen LogP) is 2.31. The molecule has 2 aliphatic rings. The van der Waals surface area contributed by atoms with Crippen LogP contribution in [0.15, 0.2) is 21.9 Å². The summed E-state index contributed by atoms with van der Waals surface area (Å²) in [6.07, 6.45) is -0.631. The highest BCUT2D eigenvalue weighted by Gasteiger charge is 2.58. The molecule has 1 aromatic rings. The zero-order valence-electron chi connectivity index (χ0n) is 17.6. The van der Waals surface area contributed by atoms with E-state index in [1.54, 1.807) is 0 Å². The van der Waals surface area contributed by atoms with Crippen LogP contribution in [0.1, 0.15) is 40.8 Å². The number of hydrogen-bond donors (Lipinski definition) is 1. The van der Waals surface area contributed by atoms with Crippen LogP contribution in [0.3, 0.4) is 0 Å². The first kappa shape index (κ1) is 23.4. The van der Waals surface area contributed by atoms with Gasteiger partial charge in [-0.2, -0.15) is 0 Å². The van der Waals surface area contributed by atoms with E-state index in [1.165, 1.54) is 16.8 Å². The summed E-state index contributed by atoms with van der Waals surface area (Å²) in [6, 6.07) is 1.23. The van der Waals surface area contributed by atoms with Crippen molar-refractivity contribution in [3.63, 3.8) is 0 Å². The van der Waals surface area contributed by atoms with E-state index in [-0.39, 0.29) is 18.3 Å². The van der Waals surface area contributed by atoms with Crippen molar-refractivity contribution in [1.82, 2.24) is 9.55 Å². The average molecular weight is 462 g/mol. The molecule has 0 aromatic carbocycles. The Hall–Kier alpha value is -1.23. The van der Waals surface area contributed by atoms with Crippen LogP contribution >= 0.6 is 19.6 Å². The van der Waals surface area contributed by atoms with Crippen LogP contribution in [0.25, 0.3) is 0 Å². The molecule has 168 valence electrons. The molecule has 0 bridgehead atoms. The first-order chi connectivity index (χ1) is 13.8. The van der Waals surface area contributed by atoms with Crippen molar-refractivity contribution >= 4 is 24.7 Å². The molecule has 0 aliphatic carbocycles. The minimum atomic E-state index is -3.85. The molecule has 0 spiro atoms. The molecule has 12 heteroatoms. The Balaban J connectivity index is 1.66. The summed E-state index contributed by atoms with van der Waals surface area (Å²) < 4.78 is 36.6. The second-order valence-electron chi connectivity index (χ2n) is 8.85. The Bertz CT molecular complexity index is 966. The molecular formula is C18H27N2O8PS. The van der Waals surface area contributed by atoms with Gasteiger partial charge in [0.15, 0.2) is 5.12 Å². The average Bonchev–Trinajstić information content (AvgIpc) is 2.88. The predicted molar refractivity (Wildman–Crippen MR) is 110 cm³/mol. The maximum Gasteiger partial charge on any atom is 0.475 e. The van der Waals surface area contributed by atoms with Crippen molar-refractivity contribution in [1.29, 1.82) is 0 Å². The van der Waals surface area contributed by atoms with Crippen LogP contribution in [0, 0.1) is 10.8 Å². The lowest BCUT2D eigenvalue weighted by molar-refractivity contribution is -0.117. The van der Waals surface area contributed by atoms with Crippen molar-refractivity contribution in [2.45, 2.75) is 53.1 Å². The number of phosphoric acid groups is 1. The SMILES string of the molecule is CC(C)(C)C(=O)SCCOP1(=O)OCC2OC(n3ccc(=O)[nH]c3=O)C(C)(C)[C@@H]2O1. The Labute approximate surface area is 178 Å². The molecule has 3 unspecified atom stereocenters. The smallest absolute Gasteiger partial charge is 0.349 e. The number of phosphoric ester groups is 1. The number of nitrogens with one attached hydrogen (secondary N) is 1. The van der Waals surface area contributed by atoms with Gasteiger partial charge < -0.3 is 4.74 Å². The number of nitrogens with zero attached hydrogens (tertiary/aromatic N) is 1. The van der Waals surface area contributed by atoms with Gasteiger partial charge in [0.2, 0.25) is 0 Å². The van der Waals surface area contributed by atoms with Crippen molar-refractivity contribution in [3.05, 3.63) is 33.1 Å². The van der Waals surface area contributed by atoms with E-state index in [4.69, 9.17) is 18.3 Å². The molecule has 2 saturated heterocycles. The second-order valence-corrected chi connectivity index (χ2v) is 11.5. The summed E-state index contributed by atoms with van der Waals surface area (Å²) in [6.45, 7) is 9.08. The highest BCUT2D eigenvalue weighted by molar-refractivity contribution is 8.13. The lowest BCUT2D eigenvalue weighted by Gasteiger charge is -2.36. The number of thioether (sulfide) groups is 1. The first-order valence-corrected chi connectivity index (χ1v) is 12.0. The monoisotopic (exact) mass is 462 g/mol. The summed E-state index contributed by atoms with van der Waals surface area (Å²) in [5.74, 6) is 0.316. The summed E-state index contributed by atoms with van der Waals surface area (Å²) in [7, 11) is -3.85. The number of ether oxygens (including phenoxy) is 1. The van der Waals surface area contributed by atoms with E-state index in [9.17, 15) is 18.9 Å². The quantitative estimate of drug-likeness (QED) is 0.518. The van der Waals surface area contributed by atoms with Gasteiger partial charge in [-0.15, -0.1) is 0 Å². The fourth-order valence-corrected chi connectivity index (χ4v) is 5.74. The number of hydrogen-bond acceptors (Lipinski definition) is 9. The van der Waals surface area contributed by atoms with Gasteiger partial charge in [-0.1, -0.05) is 46.4 Å². The molecule has 0 amide bonds. The molecule has 10 nitrogen and oxygen atoms in total. The van der Waals surface area contributed by atoms with Gasteiger partial charge in [0.05, 0.1) is 13.2 Å². The summed E-state index contributed by atoms with van der Waals surface area (Å²) in [4.78, 5) is 37.7. The lowest BCUT2D eigenvalue weighted by atomic mass is 9.84. The van der Waals surface area contributed by atoms with Crippen molar-refractivity contribution < 1.29 is 27.7 Å². The fourth-order valence-electron chi connectivity index (χ4n) is 3.30. The summed E-state index contributed by atoms with van der Waals surface area (Å²) >= 11 is 1.10. The van der Waals surface area contributed by atoms with Crippen LogP contribution in [0.2, 0.25) is 0 Å². The Morgan fingerprint density at radius 2 is 2.10 bits per heavy atom. The maximum absolute atomic E-state index is 12.9. The molecule has 2 fully saturated rings. The Kier molecular flexibility index (Phi) is 6.54. The highest BCUT2D eigenvalue weighted by Crippen LogP contribution is 2.60. The number of carbonyl (C=O) groups excluding carboxylic acids is 1. The second kappa shape index (κ2) is 8.37. The van der Waals surface area contributed by atoms with E-state index in [0.717, 1.165) is 11.8 Å². The molecule has 1 N–H and O–H groups in total. The van der Waals surface area contributed by atoms with Gasteiger partial charge in [-0.05, 0) is 0 Å². The van der Waals surface area contributed by atoms with Gasteiger partial charge >= 0.3 is 13.5 Å². The number of H-pyrrole nitrogens is 1. The molecule has 3 rings (SSSR count). The molecule has 0 saturated carbocycles. The topological polar surface area (TPSA) is 126 Å². The van der Waals surface area contributed by atoms with Crippen molar-refractivity contribution in [2.75, 3.05) is 19.0 Å². The van der Waals surface area contributed by atoms with Gasteiger partial charge in [0.1, 0.15) is 18.4 Å². The van der Waals surface area contributed by atoms with Gasteiger partial charge in [0, 0.05) is 28.8 Å². The van der Waals surface area contributed by atoms with E-state index in [1.807, 2.05) is 34.6 Å². The normalized spacial score (nSPS) is 30.8. The fraction of sp³-hybridized carbons (Fsp3) is 0.722. The molecule has 2 aliphatic heterocycles. The van der Waals surface area contributed by atoms with Gasteiger partial charge in [0.25, 0.3) is 5.56 Å². The minimum Gasteiger partial charge on any atom is -0.349 e. The number of aromatic nitrogens is 2. The van der Waals surface area contributed by atoms with Crippen LogP contribution in [0.4, 0.5) is 0 Å². The highest BCUT2D eigenvalue weighted by atomic mass is 32.2. The molecular weight excluding hydrogens is 435 g/mol. The Morgan fingerprint density at radius 3 is 2.73 bits per heavy atom. The molecule has 1 aromatic heterocycles. The number of fused-ring (bicyclic) bond motifs is 1. The standard InChI is InChI=1S/C18H27N2O8PS/c1-17(2,3)15(22)30-9-8-25-29(24)26-10-11-13(28-29)18(4,5)14(27-11)20-7-6-12(21)19-16(20)23/h6-7,11,13-14H,8-10H2,1-5H3,(H,19,21,23)/t11?,13-,14?,29?/m1/s1. The maximum atomic E-state index is 12.9.